The molecule has 2 aromatic heterocycles. The van der Waals surface area contributed by atoms with Crippen LogP contribution in [0.4, 0.5) is 11.6 Å². The van der Waals surface area contributed by atoms with Gasteiger partial charge in [-0.05, 0) is 37.8 Å². The number of piperazine rings is 1. The Bertz CT molecular complexity index is 986. The Labute approximate surface area is 188 Å². The van der Waals surface area contributed by atoms with Crippen LogP contribution in [0.5, 0.6) is 0 Å². The molecule has 9 heteroatoms. The average molecular weight is 438 g/mol. The van der Waals surface area contributed by atoms with Crippen molar-refractivity contribution < 1.29 is 4.79 Å². The number of aromatic nitrogens is 4. The van der Waals surface area contributed by atoms with Crippen molar-refractivity contribution in [2.24, 2.45) is 0 Å². The van der Waals surface area contributed by atoms with Gasteiger partial charge in [-0.25, -0.2) is 4.98 Å². The molecule has 1 aliphatic carbocycles. The maximum Gasteiger partial charge on any atom is 0.254 e. The molecule has 0 unspecified atom stereocenters. The standard InChI is InChI=1S/C23H31N7O2/c31-22-15-19(18-5-6-18)24-17-30(22)16-23(32)29-13-11-28(12-14-29)21-8-7-20(25-26-21)27-9-3-1-2-4-10-27/h7-8,15,17-18H,1-6,9-14,16H2. The topological polar surface area (TPSA) is 87.5 Å². The van der Waals surface area contributed by atoms with E-state index in [9.17, 15) is 9.59 Å². The van der Waals surface area contributed by atoms with E-state index < -0.39 is 0 Å². The Kier molecular flexibility index (Phi) is 6.05. The fourth-order valence-corrected chi connectivity index (χ4v) is 4.55. The summed E-state index contributed by atoms with van der Waals surface area (Å²) in [6.07, 6.45) is 8.74. The molecule has 3 aliphatic rings. The van der Waals surface area contributed by atoms with E-state index in [1.807, 2.05) is 11.0 Å². The van der Waals surface area contributed by atoms with Crippen LogP contribution in [0.3, 0.4) is 0 Å². The van der Waals surface area contributed by atoms with Gasteiger partial charge in [0.15, 0.2) is 11.6 Å². The minimum atomic E-state index is -0.145. The predicted molar refractivity (Wildman–Crippen MR) is 122 cm³/mol. The first-order valence-electron chi connectivity index (χ1n) is 11.9. The van der Waals surface area contributed by atoms with Crippen LogP contribution in [-0.4, -0.2) is 69.8 Å². The summed E-state index contributed by atoms with van der Waals surface area (Å²) in [6, 6.07) is 5.68. The molecule has 5 rings (SSSR count). The maximum absolute atomic E-state index is 12.7. The Hall–Kier alpha value is -2.97. The molecule has 1 amide bonds. The molecule has 4 heterocycles. The SMILES string of the molecule is O=C(Cn1cnc(C2CC2)cc1=O)N1CCN(c2ccc(N3CCCCCC3)nn2)CC1. The molecule has 0 aromatic carbocycles. The van der Waals surface area contributed by atoms with Gasteiger partial charge in [-0.15, -0.1) is 10.2 Å². The fraction of sp³-hybridized carbons (Fsp3) is 0.609. The second-order valence-corrected chi connectivity index (χ2v) is 9.07. The molecule has 2 aliphatic heterocycles. The molecule has 0 atom stereocenters. The van der Waals surface area contributed by atoms with Gasteiger partial charge >= 0.3 is 0 Å². The lowest BCUT2D eigenvalue weighted by Gasteiger charge is -2.35. The molecule has 9 nitrogen and oxygen atoms in total. The van der Waals surface area contributed by atoms with Crippen LogP contribution < -0.4 is 15.4 Å². The van der Waals surface area contributed by atoms with Gasteiger partial charge < -0.3 is 14.7 Å². The number of carbonyl (C=O) groups excluding carboxylic acids is 1. The van der Waals surface area contributed by atoms with Crippen LogP contribution in [0.15, 0.2) is 29.3 Å². The molecule has 1 saturated carbocycles. The summed E-state index contributed by atoms with van der Waals surface area (Å²) in [5.41, 5.74) is 0.712. The van der Waals surface area contributed by atoms with Gasteiger partial charge in [-0.3, -0.25) is 14.2 Å². The van der Waals surface area contributed by atoms with Crippen LogP contribution in [0.1, 0.15) is 50.1 Å². The second-order valence-electron chi connectivity index (χ2n) is 9.07. The molecule has 2 aromatic rings. The van der Waals surface area contributed by atoms with Crippen molar-refractivity contribution in [1.82, 2.24) is 24.6 Å². The summed E-state index contributed by atoms with van der Waals surface area (Å²) in [4.78, 5) is 35.7. The van der Waals surface area contributed by atoms with Crippen molar-refractivity contribution in [3.8, 4) is 0 Å². The van der Waals surface area contributed by atoms with Gasteiger partial charge in [0.25, 0.3) is 5.56 Å². The normalized spacial score (nSPS) is 19.7. The highest BCUT2D eigenvalue weighted by atomic mass is 16.2. The van der Waals surface area contributed by atoms with Crippen molar-refractivity contribution in [3.63, 3.8) is 0 Å². The largest absolute Gasteiger partial charge is 0.355 e. The first-order valence-corrected chi connectivity index (χ1v) is 11.9. The number of rotatable bonds is 5. The number of hydrogen-bond donors (Lipinski definition) is 0. The first-order chi connectivity index (χ1) is 15.7. The second kappa shape index (κ2) is 9.26. The van der Waals surface area contributed by atoms with E-state index in [-0.39, 0.29) is 18.0 Å². The Morgan fingerprint density at radius 2 is 1.50 bits per heavy atom. The zero-order chi connectivity index (χ0) is 21.9. The summed E-state index contributed by atoms with van der Waals surface area (Å²) in [7, 11) is 0. The molecule has 0 bridgehead atoms. The van der Waals surface area contributed by atoms with Gasteiger partial charge in [0.1, 0.15) is 6.54 Å². The summed E-state index contributed by atoms with van der Waals surface area (Å²) < 4.78 is 1.41. The third-order valence-electron chi connectivity index (χ3n) is 6.72. The minimum absolute atomic E-state index is 0.0428. The highest BCUT2D eigenvalue weighted by Gasteiger charge is 2.26. The smallest absolute Gasteiger partial charge is 0.254 e. The van der Waals surface area contributed by atoms with Gasteiger partial charge in [0.2, 0.25) is 5.91 Å². The fourth-order valence-electron chi connectivity index (χ4n) is 4.55. The van der Waals surface area contributed by atoms with Crippen molar-refractivity contribution in [1.29, 1.82) is 0 Å². The molecule has 3 fully saturated rings. The van der Waals surface area contributed by atoms with Crippen LogP contribution in [0, 0.1) is 0 Å². The van der Waals surface area contributed by atoms with Crippen LogP contribution in [0.2, 0.25) is 0 Å². The maximum atomic E-state index is 12.7. The van der Waals surface area contributed by atoms with Gasteiger partial charge in [0, 0.05) is 51.3 Å². The Morgan fingerprint density at radius 1 is 0.875 bits per heavy atom. The highest BCUT2D eigenvalue weighted by molar-refractivity contribution is 5.76. The monoisotopic (exact) mass is 437 g/mol. The van der Waals surface area contributed by atoms with Gasteiger partial charge in [-0.1, -0.05) is 12.8 Å². The van der Waals surface area contributed by atoms with Crippen LogP contribution >= 0.6 is 0 Å². The lowest BCUT2D eigenvalue weighted by molar-refractivity contribution is -0.132. The first kappa shape index (κ1) is 20.9. The summed E-state index contributed by atoms with van der Waals surface area (Å²) in [5.74, 6) is 2.20. The number of hydrogen-bond acceptors (Lipinski definition) is 7. The van der Waals surface area contributed by atoms with E-state index in [2.05, 4.69) is 31.0 Å². The van der Waals surface area contributed by atoms with Gasteiger partial charge in [-0.2, -0.15) is 0 Å². The predicted octanol–water partition coefficient (Wildman–Crippen LogP) is 1.64. The van der Waals surface area contributed by atoms with Crippen LogP contribution in [0.25, 0.3) is 0 Å². The molecule has 32 heavy (non-hydrogen) atoms. The molecule has 0 N–H and O–H groups in total. The summed E-state index contributed by atoms with van der Waals surface area (Å²) >= 11 is 0. The van der Waals surface area contributed by atoms with Gasteiger partial charge in [0.05, 0.1) is 12.0 Å². The van der Waals surface area contributed by atoms with E-state index in [0.29, 0.717) is 32.1 Å². The molecular formula is C23H31N7O2. The quantitative estimate of drug-likeness (QED) is 0.703. The Morgan fingerprint density at radius 3 is 2.06 bits per heavy atom. The zero-order valence-electron chi connectivity index (χ0n) is 18.5. The number of anilines is 2. The van der Waals surface area contributed by atoms with E-state index in [0.717, 1.165) is 43.3 Å². The number of amides is 1. The third kappa shape index (κ3) is 4.76. The molecule has 170 valence electrons. The Balaban J connectivity index is 1.14. The third-order valence-corrected chi connectivity index (χ3v) is 6.72. The lowest BCUT2D eigenvalue weighted by Crippen LogP contribution is -2.50. The van der Waals surface area contributed by atoms with Crippen molar-refractivity contribution >= 4 is 17.5 Å². The average Bonchev–Trinajstić information content (AvgIpc) is 3.68. The van der Waals surface area contributed by atoms with Crippen molar-refractivity contribution in [2.75, 3.05) is 49.1 Å². The molecule has 0 radical (unpaired) electrons. The van der Waals surface area contributed by atoms with Crippen molar-refractivity contribution in [3.05, 3.63) is 40.6 Å². The minimum Gasteiger partial charge on any atom is -0.355 e. The molecule has 2 saturated heterocycles. The highest BCUT2D eigenvalue weighted by Crippen LogP contribution is 2.38. The number of nitrogens with zero attached hydrogens (tertiary/aromatic N) is 7. The zero-order valence-corrected chi connectivity index (χ0v) is 18.5. The molecule has 0 spiro atoms. The van der Waals surface area contributed by atoms with E-state index in [4.69, 9.17) is 0 Å². The van der Waals surface area contributed by atoms with E-state index in [1.54, 1.807) is 6.07 Å². The van der Waals surface area contributed by atoms with E-state index in [1.165, 1.54) is 36.6 Å². The lowest BCUT2D eigenvalue weighted by atomic mass is 10.2. The van der Waals surface area contributed by atoms with Crippen LogP contribution in [-0.2, 0) is 11.3 Å². The summed E-state index contributed by atoms with van der Waals surface area (Å²) in [5, 5.41) is 8.93. The van der Waals surface area contributed by atoms with Crippen molar-refractivity contribution in [2.45, 2.75) is 51.0 Å². The molecular weight excluding hydrogens is 406 g/mol. The number of carbonyl (C=O) groups is 1. The van der Waals surface area contributed by atoms with E-state index >= 15 is 0 Å². The summed E-state index contributed by atoms with van der Waals surface area (Å²) in [6.45, 7) is 4.77.